The Morgan fingerprint density at radius 3 is 2.97 bits per heavy atom. The summed E-state index contributed by atoms with van der Waals surface area (Å²) in [5, 5.41) is 5.69. The van der Waals surface area contributed by atoms with Crippen molar-refractivity contribution in [1.82, 2.24) is 10.3 Å². The number of anilines is 1. The van der Waals surface area contributed by atoms with Crippen LogP contribution >= 0.6 is 23.1 Å². The number of thiazole rings is 1. The third-order valence-corrected chi connectivity index (χ3v) is 8.33. The van der Waals surface area contributed by atoms with E-state index < -0.39 is 6.09 Å². The molecule has 9 heteroatoms. The van der Waals surface area contributed by atoms with Crippen molar-refractivity contribution in [1.29, 1.82) is 0 Å². The smallest absolute Gasteiger partial charge is 0.407 e. The van der Waals surface area contributed by atoms with Gasteiger partial charge in [0, 0.05) is 29.8 Å². The van der Waals surface area contributed by atoms with E-state index in [1.54, 1.807) is 23.1 Å². The van der Waals surface area contributed by atoms with Crippen LogP contribution in [0.15, 0.2) is 35.2 Å². The van der Waals surface area contributed by atoms with Crippen LogP contribution in [0.3, 0.4) is 0 Å². The van der Waals surface area contributed by atoms with Gasteiger partial charge in [-0.15, -0.1) is 11.3 Å². The lowest BCUT2D eigenvalue weighted by molar-refractivity contribution is -0.126. The van der Waals surface area contributed by atoms with Gasteiger partial charge in [0.25, 0.3) is 0 Å². The Kier molecular flexibility index (Phi) is 5.02. The molecule has 1 heterocycles. The molecule has 2 amide bonds. The number of fused-ring (bicyclic) bond motifs is 1. The monoisotopic (exact) mass is 443 g/mol. The Hall–Kier alpha value is -2.39. The number of thioether (sulfide) groups is 1. The Labute approximate surface area is 181 Å². The van der Waals surface area contributed by atoms with Crippen LogP contribution in [0.2, 0.25) is 0 Å². The molecule has 5 unspecified atom stereocenters. The number of amides is 2. The second kappa shape index (κ2) is 7.70. The Bertz CT molecular complexity index is 1050. The molecule has 4 saturated carbocycles. The maximum absolute atomic E-state index is 12.7. The van der Waals surface area contributed by atoms with Crippen molar-refractivity contribution in [2.45, 2.75) is 10.8 Å². The maximum Gasteiger partial charge on any atom is 0.407 e. The van der Waals surface area contributed by atoms with Crippen LogP contribution in [-0.4, -0.2) is 41.7 Å². The number of alkyl carbamates (subject to hydrolysis) is 1. The number of ketones is 1. The first-order valence-electron chi connectivity index (χ1n) is 9.96. The number of carbonyl (C=O) groups is 3. The Morgan fingerprint density at radius 2 is 2.27 bits per heavy atom. The van der Waals surface area contributed by atoms with Crippen molar-refractivity contribution in [3.8, 4) is 0 Å². The second-order valence-electron chi connectivity index (χ2n) is 7.85. The van der Waals surface area contributed by atoms with Crippen molar-refractivity contribution in [3.63, 3.8) is 0 Å². The molecule has 0 radical (unpaired) electrons. The van der Waals surface area contributed by atoms with Gasteiger partial charge in [-0.05, 0) is 36.5 Å². The summed E-state index contributed by atoms with van der Waals surface area (Å²) in [6.45, 7) is 4.16. The first-order chi connectivity index (χ1) is 14.6. The number of ether oxygens (including phenoxy) is 1. The summed E-state index contributed by atoms with van der Waals surface area (Å²) < 4.78 is 6.75. The number of nitrogens with one attached hydrogen (secondary N) is 2. The minimum absolute atomic E-state index is 0.0197. The lowest BCUT2D eigenvalue weighted by Crippen LogP contribution is -2.27. The van der Waals surface area contributed by atoms with Crippen LogP contribution in [0.5, 0.6) is 0 Å². The number of nitrogens with zero attached hydrogens (tertiary/aromatic N) is 1. The van der Waals surface area contributed by atoms with Gasteiger partial charge in [-0.25, -0.2) is 9.78 Å². The average Bonchev–Trinajstić information content (AvgIpc) is 3.08. The van der Waals surface area contributed by atoms with E-state index in [1.807, 2.05) is 18.2 Å². The summed E-state index contributed by atoms with van der Waals surface area (Å²) in [7, 11) is 0. The van der Waals surface area contributed by atoms with E-state index in [2.05, 4.69) is 22.2 Å². The summed E-state index contributed by atoms with van der Waals surface area (Å²) in [5.74, 6) is 1.71. The number of benzene rings is 1. The first kappa shape index (κ1) is 19.6. The molecule has 4 aliphatic rings. The van der Waals surface area contributed by atoms with Crippen molar-refractivity contribution in [2.24, 2.45) is 29.6 Å². The maximum atomic E-state index is 12.7. The van der Waals surface area contributed by atoms with Crippen LogP contribution < -0.4 is 10.6 Å². The molecule has 1 aromatic heterocycles. The van der Waals surface area contributed by atoms with E-state index in [-0.39, 0.29) is 30.3 Å². The van der Waals surface area contributed by atoms with Gasteiger partial charge in [-0.3, -0.25) is 9.59 Å². The number of aromatic nitrogens is 1. The third kappa shape index (κ3) is 3.39. The molecule has 2 N–H and O–H groups in total. The zero-order valence-corrected chi connectivity index (χ0v) is 17.8. The molecule has 4 bridgehead atoms. The molecule has 156 valence electrons. The quantitative estimate of drug-likeness (QED) is 0.369. The van der Waals surface area contributed by atoms with Gasteiger partial charge in [-0.2, -0.15) is 0 Å². The molecule has 2 aromatic rings. The lowest BCUT2D eigenvalue weighted by Gasteiger charge is -2.13. The highest BCUT2D eigenvalue weighted by atomic mass is 32.2. The van der Waals surface area contributed by atoms with Crippen LogP contribution in [0, 0.1) is 29.6 Å². The third-order valence-electron chi connectivity index (χ3n) is 6.17. The number of Topliss-reactive ketones (excluding diaryl/α,β-unsaturated/α-hetero) is 1. The lowest BCUT2D eigenvalue weighted by atomic mass is 9.96. The van der Waals surface area contributed by atoms with Crippen LogP contribution in [0.1, 0.15) is 6.42 Å². The van der Waals surface area contributed by atoms with Crippen molar-refractivity contribution in [2.75, 3.05) is 24.2 Å². The SMILES string of the molecule is C=CCOC(=O)NCCSc1nc2ccc(NC(=O)C3C4CC5C(C4=O)C53)cc2s1. The Balaban J connectivity index is 1.16. The fraction of sp³-hybridized carbons (Fsp3) is 0.429. The fourth-order valence-electron chi connectivity index (χ4n) is 4.95. The van der Waals surface area contributed by atoms with E-state index in [9.17, 15) is 14.4 Å². The molecule has 1 aromatic carbocycles. The van der Waals surface area contributed by atoms with Crippen molar-refractivity contribution in [3.05, 3.63) is 30.9 Å². The minimum atomic E-state index is -0.459. The highest BCUT2D eigenvalue weighted by molar-refractivity contribution is 8.01. The molecule has 30 heavy (non-hydrogen) atoms. The van der Waals surface area contributed by atoms with Crippen molar-refractivity contribution >= 4 is 56.8 Å². The largest absolute Gasteiger partial charge is 0.445 e. The van der Waals surface area contributed by atoms with Gasteiger partial charge < -0.3 is 15.4 Å². The number of hydrogen-bond donors (Lipinski definition) is 2. The molecule has 0 saturated heterocycles. The summed E-state index contributed by atoms with van der Waals surface area (Å²) in [5.41, 5.74) is 1.62. The van der Waals surface area contributed by atoms with Gasteiger partial charge >= 0.3 is 6.09 Å². The zero-order chi connectivity index (χ0) is 20.8. The standard InChI is InChI=1S/C21H21N3O4S2/c1-2-6-28-20(27)22-5-7-29-21-24-13-4-3-10(8-14(13)30-21)23-19(26)17-12-9-11-15(17)16(11)18(12)25/h2-4,8,11-12,15-17H,1,5-7,9H2,(H,22,27)(H,23,26). The van der Waals surface area contributed by atoms with E-state index in [4.69, 9.17) is 4.74 Å². The molecule has 5 atom stereocenters. The van der Waals surface area contributed by atoms with Gasteiger partial charge in [0.15, 0.2) is 4.34 Å². The van der Waals surface area contributed by atoms with Crippen molar-refractivity contribution < 1.29 is 19.1 Å². The molecule has 4 aliphatic carbocycles. The normalized spacial score (nSPS) is 27.9. The van der Waals surface area contributed by atoms with Crippen LogP contribution in [-0.2, 0) is 14.3 Å². The predicted molar refractivity (Wildman–Crippen MR) is 116 cm³/mol. The van der Waals surface area contributed by atoms with Gasteiger partial charge in [0.1, 0.15) is 12.4 Å². The number of hydrogen-bond acceptors (Lipinski definition) is 7. The van der Waals surface area contributed by atoms with Crippen LogP contribution in [0.4, 0.5) is 10.5 Å². The topological polar surface area (TPSA) is 97.4 Å². The Morgan fingerprint density at radius 1 is 1.40 bits per heavy atom. The van der Waals surface area contributed by atoms with E-state index in [0.717, 1.165) is 26.7 Å². The van der Waals surface area contributed by atoms with E-state index in [1.165, 1.54) is 6.08 Å². The molecule has 0 spiro atoms. The number of carbonyl (C=O) groups excluding carboxylic acids is 3. The van der Waals surface area contributed by atoms with Gasteiger partial charge in [0.05, 0.1) is 16.1 Å². The average molecular weight is 444 g/mol. The molecule has 4 fully saturated rings. The summed E-state index contributed by atoms with van der Waals surface area (Å²) in [6, 6.07) is 5.69. The summed E-state index contributed by atoms with van der Waals surface area (Å²) in [6.07, 6.45) is 1.96. The minimum Gasteiger partial charge on any atom is -0.445 e. The fourth-order valence-corrected chi connectivity index (χ4v) is 6.98. The highest BCUT2D eigenvalue weighted by Gasteiger charge is 2.75. The van der Waals surface area contributed by atoms with Crippen LogP contribution in [0.25, 0.3) is 10.2 Å². The van der Waals surface area contributed by atoms with E-state index >= 15 is 0 Å². The highest BCUT2D eigenvalue weighted by Crippen LogP contribution is 2.71. The first-order valence-corrected chi connectivity index (χ1v) is 11.8. The van der Waals surface area contributed by atoms with E-state index in [0.29, 0.717) is 29.9 Å². The summed E-state index contributed by atoms with van der Waals surface area (Å²) in [4.78, 5) is 40.8. The molecule has 6 rings (SSSR count). The zero-order valence-electron chi connectivity index (χ0n) is 16.1. The van der Waals surface area contributed by atoms with Gasteiger partial charge in [0.2, 0.25) is 5.91 Å². The molecular formula is C21H21N3O4S2. The molecular weight excluding hydrogens is 422 g/mol. The molecule has 7 nitrogen and oxygen atoms in total. The predicted octanol–water partition coefficient (Wildman–Crippen LogP) is 3.32. The second-order valence-corrected chi connectivity index (χ2v) is 10.2. The van der Waals surface area contributed by atoms with Gasteiger partial charge in [-0.1, -0.05) is 24.4 Å². The molecule has 0 aliphatic heterocycles. The summed E-state index contributed by atoms with van der Waals surface area (Å²) >= 11 is 3.11. The number of rotatable bonds is 8.